The average Bonchev–Trinajstić information content (AvgIpc) is 3.27. The molecule has 0 bridgehead atoms. The Morgan fingerprint density at radius 1 is 1.05 bits per heavy atom. The van der Waals surface area contributed by atoms with E-state index >= 15 is 0 Å². The van der Waals surface area contributed by atoms with Crippen LogP contribution in [0.5, 0.6) is 0 Å². The first-order valence-corrected chi connectivity index (χ1v) is 9.06. The van der Waals surface area contributed by atoms with Gasteiger partial charge in [0.2, 0.25) is 0 Å². The van der Waals surface area contributed by atoms with E-state index in [2.05, 4.69) is 26.3 Å². The molecule has 7 heteroatoms. The monoisotopic (exact) mass is 313 g/mol. The predicted molar refractivity (Wildman–Crippen MR) is 80.4 cm³/mol. The van der Waals surface area contributed by atoms with Crippen molar-refractivity contribution in [3.63, 3.8) is 0 Å². The number of quaternary nitrogens is 2. The number of morpholine rings is 1. The Balaban J connectivity index is 1.30. The summed E-state index contributed by atoms with van der Waals surface area (Å²) in [5.41, 5.74) is 3.29. The first kappa shape index (κ1) is 15.3. The maximum Gasteiger partial charge on any atom is 0.183 e. The van der Waals surface area contributed by atoms with E-state index in [-0.39, 0.29) is 6.23 Å². The van der Waals surface area contributed by atoms with E-state index < -0.39 is 0 Å². The lowest BCUT2D eigenvalue weighted by Crippen LogP contribution is -2.96. The molecule has 5 unspecified atom stereocenters. The van der Waals surface area contributed by atoms with Crippen LogP contribution >= 0.6 is 0 Å². The van der Waals surface area contributed by atoms with Crippen molar-refractivity contribution >= 4 is 0 Å². The van der Waals surface area contributed by atoms with Crippen molar-refractivity contribution in [3.8, 4) is 0 Å². The number of hydrogen-bond acceptors (Lipinski definition) is 5. The van der Waals surface area contributed by atoms with Crippen molar-refractivity contribution in [3.05, 3.63) is 0 Å². The molecule has 126 valence electrons. The third kappa shape index (κ3) is 3.31. The minimum atomic E-state index is 0.181. The van der Waals surface area contributed by atoms with Crippen molar-refractivity contribution in [1.82, 2.24) is 15.7 Å². The molecule has 4 aliphatic heterocycles. The molecule has 0 aromatic carbocycles. The van der Waals surface area contributed by atoms with E-state index in [0.717, 1.165) is 26.3 Å². The molecule has 0 aromatic rings. The quantitative estimate of drug-likeness (QED) is 0.450. The van der Waals surface area contributed by atoms with Crippen molar-refractivity contribution in [1.29, 1.82) is 0 Å². The van der Waals surface area contributed by atoms with Gasteiger partial charge < -0.3 is 15.4 Å². The molecular formula is C15H31N5O2+2. The summed E-state index contributed by atoms with van der Waals surface area (Å²) < 4.78 is 5.48. The summed E-state index contributed by atoms with van der Waals surface area (Å²) >= 11 is 0. The zero-order valence-electron chi connectivity index (χ0n) is 13.4. The summed E-state index contributed by atoms with van der Waals surface area (Å²) in [4.78, 5) is 8.44. The second-order valence-electron chi connectivity index (χ2n) is 7.16. The molecule has 0 spiro atoms. The number of nitrogens with one attached hydrogen (secondary N) is 2. The van der Waals surface area contributed by atoms with Crippen molar-refractivity contribution in [2.75, 3.05) is 39.4 Å². The Bertz CT molecular complexity index is 360. The van der Waals surface area contributed by atoms with Gasteiger partial charge in [0, 0.05) is 44.7 Å². The van der Waals surface area contributed by atoms with E-state index in [0.29, 0.717) is 24.3 Å². The summed E-state index contributed by atoms with van der Waals surface area (Å²) in [5, 5.41) is 8.64. The number of ether oxygens (including phenoxy) is 1. The van der Waals surface area contributed by atoms with E-state index in [9.17, 15) is 0 Å². The largest absolute Gasteiger partial charge is 0.379 e. The van der Waals surface area contributed by atoms with Crippen LogP contribution in [0.3, 0.4) is 0 Å². The number of nitrogens with two attached hydrogens (primary N) is 2. The van der Waals surface area contributed by atoms with Gasteiger partial charge in [0.15, 0.2) is 6.23 Å². The van der Waals surface area contributed by atoms with Crippen molar-refractivity contribution in [2.45, 2.75) is 50.3 Å². The molecule has 22 heavy (non-hydrogen) atoms. The van der Waals surface area contributed by atoms with Crippen LogP contribution in [0.1, 0.15) is 25.7 Å². The number of piperidine rings is 1. The topological polar surface area (TPSA) is 79.0 Å². The van der Waals surface area contributed by atoms with E-state index in [1.165, 1.54) is 38.8 Å². The minimum Gasteiger partial charge on any atom is -0.379 e. The Kier molecular flexibility index (Phi) is 4.92. The van der Waals surface area contributed by atoms with Crippen LogP contribution in [0.4, 0.5) is 0 Å². The molecule has 7 nitrogen and oxygen atoms in total. The molecule has 4 fully saturated rings. The molecule has 0 radical (unpaired) electrons. The second kappa shape index (κ2) is 7.09. The molecule has 5 atom stereocenters. The third-order valence-electron chi connectivity index (χ3n) is 5.77. The van der Waals surface area contributed by atoms with E-state index in [4.69, 9.17) is 9.57 Å². The van der Waals surface area contributed by atoms with Gasteiger partial charge in [-0.3, -0.25) is 10.2 Å². The van der Waals surface area contributed by atoms with Crippen LogP contribution in [0, 0.1) is 5.92 Å². The van der Waals surface area contributed by atoms with Gasteiger partial charge in [-0.1, -0.05) is 0 Å². The van der Waals surface area contributed by atoms with Gasteiger partial charge in [-0.15, -0.1) is 0 Å². The fourth-order valence-electron chi connectivity index (χ4n) is 4.45. The molecule has 6 N–H and O–H groups in total. The van der Waals surface area contributed by atoms with Crippen LogP contribution in [0.25, 0.3) is 0 Å². The van der Waals surface area contributed by atoms with Crippen LogP contribution in [-0.2, 0) is 9.57 Å². The fourth-order valence-corrected chi connectivity index (χ4v) is 4.45. The molecule has 0 aliphatic carbocycles. The van der Waals surface area contributed by atoms with Gasteiger partial charge in [0.25, 0.3) is 0 Å². The molecule has 0 aromatic heterocycles. The Morgan fingerprint density at radius 2 is 1.95 bits per heavy atom. The zero-order valence-corrected chi connectivity index (χ0v) is 13.4. The van der Waals surface area contributed by atoms with Crippen LogP contribution in [-0.4, -0.2) is 68.9 Å². The van der Waals surface area contributed by atoms with Crippen LogP contribution < -0.4 is 21.4 Å². The molecule has 0 saturated carbocycles. The second-order valence-corrected chi connectivity index (χ2v) is 7.16. The maximum atomic E-state index is 5.85. The molecule has 4 rings (SSSR count). The third-order valence-corrected chi connectivity index (χ3v) is 5.77. The first-order valence-electron chi connectivity index (χ1n) is 9.06. The SMILES string of the molecule is C1C[NH2+]C(C2NC(C3CC[NH2+]C(N4CCOCC4)C3)NO2)C1. The standard InChI is InChI=1S/C15H29N5O2/c1-2-12(16-4-1)15-18-14(19-22-15)11-3-5-17-13(10-11)20-6-8-21-9-7-20/h11-19H,1-10H2/p+2. The molecule has 4 saturated heterocycles. The van der Waals surface area contributed by atoms with E-state index in [1.807, 2.05) is 0 Å². The summed E-state index contributed by atoms with van der Waals surface area (Å²) in [7, 11) is 0. The number of nitrogens with zero attached hydrogens (tertiary/aromatic N) is 1. The number of hydroxylamine groups is 1. The van der Waals surface area contributed by atoms with Gasteiger partial charge in [-0.2, -0.15) is 5.48 Å². The summed E-state index contributed by atoms with van der Waals surface area (Å²) in [6.45, 7) is 6.39. The lowest BCUT2D eigenvalue weighted by Gasteiger charge is -2.38. The highest BCUT2D eigenvalue weighted by Gasteiger charge is 2.41. The Morgan fingerprint density at radius 3 is 2.77 bits per heavy atom. The van der Waals surface area contributed by atoms with Gasteiger partial charge in [-0.05, 0) is 0 Å². The predicted octanol–water partition coefficient (Wildman–Crippen LogP) is -2.88. The maximum absolute atomic E-state index is 5.85. The minimum absolute atomic E-state index is 0.181. The van der Waals surface area contributed by atoms with Gasteiger partial charge in [0.1, 0.15) is 12.2 Å². The van der Waals surface area contributed by atoms with Gasteiger partial charge >= 0.3 is 0 Å². The van der Waals surface area contributed by atoms with Crippen LogP contribution in [0.15, 0.2) is 0 Å². The van der Waals surface area contributed by atoms with Gasteiger partial charge in [0.05, 0.1) is 32.5 Å². The Labute approximate surface area is 132 Å². The number of hydrogen-bond donors (Lipinski definition) is 4. The smallest absolute Gasteiger partial charge is 0.183 e. The summed E-state index contributed by atoms with van der Waals surface area (Å²) in [6, 6.07) is 0.586. The zero-order chi connectivity index (χ0) is 14.8. The highest BCUT2D eigenvalue weighted by Crippen LogP contribution is 2.22. The highest BCUT2D eigenvalue weighted by atomic mass is 16.7. The average molecular weight is 313 g/mol. The summed E-state index contributed by atoms with van der Waals surface area (Å²) in [6.07, 6.45) is 6.18. The van der Waals surface area contributed by atoms with Crippen molar-refractivity contribution in [2.24, 2.45) is 5.92 Å². The molecule has 0 amide bonds. The normalized spacial score (nSPS) is 44.5. The molecular weight excluding hydrogens is 282 g/mol. The number of rotatable bonds is 3. The van der Waals surface area contributed by atoms with Crippen LogP contribution in [0.2, 0.25) is 0 Å². The lowest BCUT2D eigenvalue weighted by molar-refractivity contribution is -0.720. The van der Waals surface area contributed by atoms with Crippen molar-refractivity contribution < 1.29 is 20.2 Å². The lowest BCUT2D eigenvalue weighted by atomic mass is 9.92. The first-order chi connectivity index (χ1) is 10.9. The molecule has 4 heterocycles. The van der Waals surface area contributed by atoms with Gasteiger partial charge in [-0.25, -0.2) is 4.90 Å². The fraction of sp³-hybridized carbons (Fsp3) is 1.00. The Hall–Kier alpha value is -0.280. The molecule has 4 aliphatic rings. The highest BCUT2D eigenvalue weighted by molar-refractivity contribution is 4.84. The summed E-state index contributed by atoms with van der Waals surface area (Å²) in [5.74, 6) is 0.657. The van der Waals surface area contributed by atoms with E-state index in [1.54, 1.807) is 0 Å².